The molecule has 0 amide bonds. The maximum Gasteiger partial charge on any atom is 0.116 e. The predicted octanol–water partition coefficient (Wildman–Crippen LogP) is 1.20. The molecular weight excluding hydrogens is 202 g/mol. The largest absolute Gasteiger partial charge is 0.394 e. The molecule has 0 bridgehead atoms. The van der Waals surface area contributed by atoms with Crippen molar-refractivity contribution in [1.29, 1.82) is 0 Å². The van der Waals surface area contributed by atoms with Gasteiger partial charge >= 0.3 is 0 Å². The number of nitrogens with two attached hydrogens (primary N) is 1. The zero-order chi connectivity index (χ0) is 11.1. The Kier molecular flexibility index (Phi) is 2.19. The molecule has 2 heterocycles. The molecule has 1 fully saturated rings. The summed E-state index contributed by atoms with van der Waals surface area (Å²) in [6.45, 7) is -0.0280. The fraction of sp³-hybridized carbons (Fsp3) is 0.417. The predicted molar refractivity (Wildman–Crippen MR) is 61.2 cm³/mol. The molecule has 1 aliphatic rings. The van der Waals surface area contributed by atoms with Crippen molar-refractivity contribution in [1.82, 2.24) is 9.38 Å². The maximum atomic E-state index is 9.02. The lowest BCUT2D eigenvalue weighted by Crippen LogP contribution is -2.14. The summed E-state index contributed by atoms with van der Waals surface area (Å²) in [6, 6.07) is 3.66. The molecule has 0 aromatic carbocycles. The van der Waals surface area contributed by atoms with E-state index in [-0.39, 0.29) is 12.6 Å². The lowest BCUT2D eigenvalue weighted by Gasteiger charge is -2.09. The minimum Gasteiger partial charge on any atom is -0.394 e. The molecule has 84 valence electrons. The number of pyridine rings is 1. The van der Waals surface area contributed by atoms with Gasteiger partial charge in [0.15, 0.2) is 0 Å². The van der Waals surface area contributed by atoms with Crippen molar-refractivity contribution in [2.75, 3.05) is 6.61 Å². The van der Waals surface area contributed by atoms with Gasteiger partial charge in [-0.2, -0.15) is 0 Å². The molecular formula is C12H15N3O. The van der Waals surface area contributed by atoms with Crippen molar-refractivity contribution in [3.8, 4) is 0 Å². The van der Waals surface area contributed by atoms with Crippen LogP contribution in [0, 0.1) is 0 Å². The highest BCUT2D eigenvalue weighted by molar-refractivity contribution is 5.49. The first-order valence-corrected chi connectivity index (χ1v) is 5.63. The summed E-state index contributed by atoms with van der Waals surface area (Å²) in [6.07, 6.45) is 6.37. The van der Waals surface area contributed by atoms with E-state index in [9.17, 15) is 0 Å². The van der Waals surface area contributed by atoms with E-state index in [1.807, 2.05) is 24.5 Å². The van der Waals surface area contributed by atoms with Crippen LogP contribution in [0.4, 0.5) is 0 Å². The van der Waals surface area contributed by atoms with E-state index in [0.717, 1.165) is 16.9 Å². The molecule has 1 atom stereocenters. The highest BCUT2D eigenvalue weighted by Crippen LogP contribution is 2.39. The number of aromatic nitrogens is 2. The van der Waals surface area contributed by atoms with Crippen LogP contribution in [0.1, 0.15) is 36.2 Å². The lowest BCUT2D eigenvalue weighted by atomic mass is 10.1. The Bertz CT molecular complexity index is 516. The van der Waals surface area contributed by atoms with Gasteiger partial charge in [0.1, 0.15) is 5.82 Å². The van der Waals surface area contributed by atoms with Gasteiger partial charge in [0, 0.05) is 12.1 Å². The van der Waals surface area contributed by atoms with Gasteiger partial charge in [-0.3, -0.25) is 0 Å². The van der Waals surface area contributed by atoms with Crippen molar-refractivity contribution in [2.45, 2.75) is 24.8 Å². The monoisotopic (exact) mass is 217 g/mol. The normalized spacial score (nSPS) is 17.9. The van der Waals surface area contributed by atoms with Crippen LogP contribution in [0.15, 0.2) is 24.5 Å². The third-order valence-electron chi connectivity index (χ3n) is 3.15. The average Bonchev–Trinajstić information content (AvgIpc) is 3.08. The fourth-order valence-corrected chi connectivity index (χ4v) is 2.02. The summed E-state index contributed by atoms with van der Waals surface area (Å²) in [5.74, 6) is 1.79. The molecule has 4 heteroatoms. The number of hydrogen-bond donors (Lipinski definition) is 2. The minimum atomic E-state index is -0.302. The van der Waals surface area contributed by atoms with Gasteiger partial charge in [-0.25, -0.2) is 4.98 Å². The van der Waals surface area contributed by atoms with Crippen molar-refractivity contribution in [3.05, 3.63) is 35.9 Å². The SMILES string of the molecule is NC(CO)c1ccn2c(C3CC3)ncc2c1. The van der Waals surface area contributed by atoms with Crippen molar-refractivity contribution >= 4 is 5.52 Å². The summed E-state index contributed by atoms with van der Waals surface area (Å²) in [4.78, 5) is 4.44. The second kappa shape index (κ2) is 3.57. The van der Waals surface area contributed by atoms with Crippen LogP contribution in [-0.2, 0) is 0 Å². The molecule has 16 heavy (non-hydrogen) atoms. The van der Waals surface area contributed by atoms with Gasteiger partial charge in [0.2, 0.25) is 0 Å². The highest BCUT2D eigenvalue weighted by Gasteiger charge is 2.27. The zero-order valence-electron chi connectivity index (χ0n) is 9.00. The summed E-state index contributed by atoms with van der Waals surface area (Å²) in [5.41, 5.74) is 7.80. The Morgan fingerprint density at radius 1 is 1.56 bits per heavy atom. The summed E-state index contributed by atoms with van der Waals surface area (Å²) >= 11 is 0. The van der Waals surface area contributed by atoms with E-state index in [0.29, 0.717) is 5.92 Å². The number of fused-ring (bicyclic) bond motifs is 1. The number of hydrogen-bond acceptors (Lipinski definition) is 3. The molecule has 1 unspecified atom stereocenters. The molecule has 2 aromatic rings. The van der Waals surface area contributed by atoms with E-state index in [2.05, 4.69) is 9.38 Å². The van der Waals surface area contributed by atoms with Crippen LogP contribution in [-0.4, -0.2) is 21.1 Å². The second-order valence-electron chi connectivity index (χ2n) is 4.43. The molecule has 3 N–H and O–H groups in total. The Morgan fingerprint density at radius 2 is 2.38 bits per heavy atom. The van der Waals surface area contributed by atoms with Crippen LogP contribution in [0.2, 0.25) is 0 Å². The molecule has 1 saturated carbocycles. The Balaban J connectivity index is 2.05. The van der Waals surface area contributed by atoms with E-state index < -0.39 is 0 Å². The Labute approximate surface area is 93.7 Å². The van der Waals surface area contributed by atoms with Crippen LogP contribution in [0.3, 0.4) is 0 Å². The van der Waals surface area contributed by atoms with Crippen LogP contribution in [0.25, 0.3) is 5.52 Å². The van der Waals surface area contributed by atoms with Gasteiger partial charge in [-0.1, -0.05) is 0 Å². The standard InChI is InChI=1S/C12H15N3O/c13-11(7-16)9-3-4-15-10(5-9)6-14-12(15)8-1-2-8/h3-6,8,11,16H,1-2,7,13H2. The van der Waals surface area contributed by atoms with E-state index in [1.165, 1.54) is 12.8 Å². The fourth-order valence-electron chi connectivity index (χ4n) is 2.02. The zero-order valence-corrected chi connectivity index (χ0v) is 9.00. The third kappa shape index (κ3) is 1.50. The second-order valence-corrected chi connectivity index (χ2v) is 4.43. The topological polar surface area (TPSA) is 63.5 Å². The highest BCUT2D eigenvalue weighted by atomic mass is 16.3. The number of aliphatic hydroxyl groups is 1. The minimum absolute atomic E-state index is 0.0280. The molecule has 0 spiro atoms. The van der Waals surface area contributed by atoms with Gasteiger partial charge in [0.25, 0.3) is 0 Å². The molecule has 4 nitrogen and oxygen atoms in total. The summed E-state index contributed by atoms with van der Waals surface area (Å²) in [7, 11) is 0. The Hall–Kier alpha value is -1.39. The third-order valence-corrected chi connectivity index (χ3v) is 3.15. The molecule has 0 aliphatic heterocycles. The molecule has 0 saturated heterocycles. The first kappa shape index (κ1) is 9.81. The van der Waals surface area contributed by atoms with Crippen molar-refractivity contribution in [3.63, 3.8) is 0 Å². The lowest BCUT2D eigenvalue weighted by molar-refractivity contribution is 0.268. The maximum absolute atomic E-state index is 9.02. The van der Waals surface area contributed by atoms with Gasteiger partial charge < -0.3 is 15.2 Å². The van der Waals surface area contributed by atoms with Gasteiger partial charge in [-0.15, -0.1) is 0 Å². The summed E-state index contributed by atoms with van der Waals surface area (Å²) in [5, 5.41) is 9.02. The van der Waals surface area contributed by atoms with Crippen molar-refractivity contribution < 1.29 is 5.11 Å². The summed E-state index contributed by atoms with van der Waals surface area (Å²) < 4.78 is 2.12. The van der Waals surface area contributed by atoms with Crippen LogP contribution >= 0.6 is 0 Å². The molecule has 1 aliphatic carbocycles. The number of nitrogens with zero attached hydrogens (tertiary/aromatic N) is 2. The van der Waals surface area contributed by atoms with Crippen molar-refractivity contribution in [2.24, 2.45) is 5.73 Å². The van der Waals surface area contributed by atoms with Gasteiger partial charge in [0.05, 0.1) is 24.4 Å². The first-order chi connectivity index (χ1) is 7.79. The smallest absolute Gasteiger partial charge is 0.116 e. The van der Waals surface area contributed by atoms with E-state index in [4.69, 9.17) is 10.8 Å². The van der Waals surface area contributed by atoms with E-state index in [1.54, 1.807) is 0 Å². The van der Waals surface area contributed by atoms with Crippen LogP contribution in [0.5, 0.6) is 0 Å². The Morgan fingerprint density at radius 3 is 3.06 bits per heavy atom. The van der Waals surface area contributed by atoms with Crippen LogP contribution < -0.4 is 5.73 Å². The first-order valence-electron chi connectivity index (χ1n) is 5.63. The number of rotatable bonds is 3. The molecule has 2 aromatic heterocycles. The molecule has 0 radical (unpaired) electrons. The number of imidazole rings is 1. The number of aliphatic hydroxyl groups excluding tert-OH is 1. The average molecular weight is 217 g/mol. The van der Waals surface area contributed by atoms with E-state index >= 15 is 0 Å². The quantitative estimate of drug-likeness (QED) is 0.812. The van der Waals surface area contributed by atoms with Gasteiger partial charge in [-0.05, 0) is 30.5 Å². The molecule has 3 rings (SSSR count).